The molecule has 0 spiro atoms. The van der Waals surface area contributed by atoms with Gasteiger partial charge in [0.05, 0.1) is 11.0 Å². The van der Waals surface area contributed by atoms with Gasteiger partial charge in [-0.05, 0) is 19.1 Å². The maximum absolute atomic E-state index is 4.76. The van der Waals surface area contributed by atoms with Gasteiger partial charge in [0, 0.05) is 12.0 Å². The highest BCUT2D eigenvalue weighted by atomic mass is 15.1. The van der Waals surface area contributed by atoms with Crippen LogP contribution in [0.2, 0.25) is 0 Å². The van der Waals surface area contributed by atoms with Crippen LogP contribution in [0, 0.1) is 0 Å². The summed E-state index contributed by atoms with van der Waals surface area (Å²) in [7, 11) is 0. The molecule has 0 aliphatic rings. The van der Waals surface area contributed by atoms with Crippen LogP contribution < -0.4 is 0 Å². The summed E-state index contributed by atoms with van der Waals surface area (Å²) in [5, 5.41) is 0. The molecule has 0 saturated carbocycles. The molecule has 0 bridgehead atoms. The van der Waals surface area contributed by atoms with Crippen LogP contribution in [0.25, 0.3) is 11.0 Å². The van der Waals surface area contributed by atoms with Gasteiger partial charge in [0.1, 0.15) is 5.82 Å². The van der Waals surface area contributed by atoms with Crippen molar-refractivity contribution in [1.29, 1.82) is 0 Å². The number of para-hydroxylation sites is 2. The summed E-state index contributed by atoms with van der Waals surface area (Å²) in [6, 6.07) is 8.29. The Morgan fingerprint density at radius 1 is 1.29 bits per heavy atom. The van der Waals surface area contributed by atoms with Crippen molar-refractivity contribution < 1.29 is 0 Å². The monoisotopic (exact) mass is 228 g/mol. The van der Waals surface area contributed by atoms with Gasteiger partial charge in [-0.15, -0.1) is 0 Å². The van der Waals surface area contributed by atoms with Gasteiger partial charge in [-0.3, -0.25) is 0 Å². The minimum absolute atomic E-state index is 0.0501. The Bertz CT molecular complexity index is 556. The molecule has 90 valence electrons. The molecule has 0 amide bonds. The highest BCUT2D eigenvalue weighted by Crippen LogP contribution is 2.26. The van der Waals surface area contributed by atoms with Crippen molar-refractivity contribution in [3.63, 3.8) is 0 Å². The van der Waals surface area contributed by atoms with Gasteiger partial charge in [0.2, 0.25) is 0 Å². The maximum atomic E-state index is 4.76. The van der Waals surface area contributed by atoms with Crippen molar-refractivity contribution >= 4 is 11.0 Å². The van der Waals surface area contributed by atoms with E-state index in [9.17, 15) is 0 Å². The highest BCUT2D eigenvalue weighted by Gasteiger charge is 2.22. The quantitative estimate of drug-likeness (QED) is 0.713. The van der Waals surface area contributed by atoms with E-state index in [-0.39, 0.29) is 5.41 Å². The summed E-state index contributed by atoms with van der Waals surface area (Å²) < 4.78 is 2.28. The topological polar surface area (TPSA) is 17.8 Å². The molecule has 0 radical (unpaired) electrons. The van der Waals surface area contributed by atoms with Gasteiger partial charge in [-0.2, -0.15) is 0 Å². The molecule has 2 rings (SSSR count). The van der Waals surface area contributed by atoms with Crippen molar-refractivity contribution in [2.75, 3.05) is 0 Å². The van der Waals surface area contributed by atoms with Gasteiger partial charge in [0.25, 0.3) is 0 Å². The molecule has 2 nitrogen and oxygen atoms in total. The van der Waals surface area contributed by atoms with E-state index < -0.39 is 0 Å². The smallest absolute Gasteiger partial charge is 0.115 e. The molecule has 2 aromatic rings. The molecular weight excluding hydrogens is 208 g/mol. The number of rotatable bonds is 2. The molecular formula is C15H20N2. The minimum atomic E-state index is 0.0501. The van der Waals surface area contributed by atoms with Crippen molar-refractivity contribution in [2.24, 2.45) is 0 Å². The van der Waals surface area contributed by atoms with Crippen LogP contribution in [-0.4, -0.2) is 9.55 Å². The number of imidazole rings is 1. The van der Waals surface area contributed by atoms with E-state index in [0.29, 0.717) is 0 Å². The van der Waals surface area contributed by atoms with E-state index in [1.807, 2.05) is 6.07 Å². The van der Waals surface area contributed by atoms with Crippen LogP contribution in [0.4, 0.5) is 0 Å². The van der Waals surface area contributed by atoms with Crippen LogP contribution in [0.1, 0.15) is 33.5 Å². The molecule has 1 aromatic carbocycles. The second-order valence-electron chi connectivity index (χ2n) is 5.72. The van der Waals surface area contributed by atoms with Crippen molar-refractivity contribution in [2.45, 2.75) is 39.7 Å². The molecule has 0 unspecified atom stereocenters. The lowest BCUT2D eigenvalue weighted by Crippen LogP contribution is -2.19. The first kappa shape index (κ1) is 11.9. The van der Waals surface area contributed by atoms with Crippen LogP contribution in [0.15, 0.2) is 36.4 Å². The van der Waals surface area contributed by atoms with Crippen LogP contribution in [0.5, 0.6) is 0 Å². The van der Waals surface area contributed by atoms with E-state index >= 15 is 0 Å². The largest absolute Gasteiger partial charge is 0.323 e. The fourth-order valence-electron chi connectivity index (χ4n) is 2.08. The third kappa shape index (κ3) is 2.26. The first-order valence-corrected chi connectivity index (χ1v) is 6.00. The summed E-state index contributed by atoms with van der Waals surface area (Å²) in [5.41, 5.74) is 3.46. The Balaban J connectivity index is 2.69. The Morgan fingerprint density at radius 2 is 1.94 bits per heavy atom. The van der Waals surface area contributed by atoms with Gasteiger partial charge in [-0.1, -0.05) is 45.1 Å². The van der Waals surface area contributed by atoms with E-state index in [0.717, 1.165) is 23.5 Å². The lowest BCUT2D eigenvalue weighted by Gasteiger charge is -2.20. The normalized spacial score (nSPS) is 12.0. The lowest BCUT2D eigenvalue weighted by molar-refractivity contribution is 0.515. The van der Waals surface area contributed by atoms with Gasteiger partial charge < -0.3 is 4.57 Å². The number of allylic oxidation sites excluding steroid dienone is 1. The average Bonchev–Trinajstić information content (AvgIpc) is 2.56. The summed E-state index contributed by atoms with van der Waals surface area (Å²) in [5.74, 6) is 1.13. The molecule has 0 fully saturated rings. The number of benzene rings is 1. The van der Waals surface area contributed by atoms with Gasteiger partial charge in [0.15, 0.2) is 0 Å². The average molecular weight is 228 g/mol. The molecule has 0 N–H and O–H groups in total. The van der Waals surface area contributed by atoms with E-state index in [1.54, 1.807) is 0 Å². The Hall–Kier alpha value is -1.57. The number of fused-ring (bicyclic) bond motifs is 1. The zero-order valence-corrected chi connectivity index (χ0v) is 11.1. The van der Waals surface area contributed by atoms with Crippen LogP contribution in [-0.2, 0) is 12.0 Å². The van der Waals surface area contributed by atoms with E-state index in [1.165, 1.54) is 5.52 Å². The van der Waals surface area contributed by atoms with Crippen molar-refractivity contribution in [3.8, 4) is 0 Å². The first-order valence-electron chi connectivity index (χ1n) is 6.00. The maximum Gasteiger partial charge on any atom is 0.115 e. The Morgan fingerprint density at radius 3 is 2.53 bits per heavy atom. The second kappa shape index (κ2) is 4.02. The predicted octanol–water partition coefficient (Wildman–Crippen LogP) is 3.91. The SMILES string of the molecule is C=C(C)Cn1c(C(C)(C)C)nc2ccccc21. The number of hydrogen-bond donors (Lipinski definition) is 0. The molecule has 0 atom stereocenters. The fourth-order valence-corrected chi connectivity index (χ4v) is 2.08. The molecule has 0 aliphatic heterocycles. The minimum Gasteiger partial charge on any atom is -0.323 e. The van der Waals surface area contributed by atoms with E-state index in [4.69, 9.17) is 4.98 Å². The van der Waals surface area contributed by atoms with Crippen LogP contribution in [0.3, 0.4) is 0 Å². The molecule has 17 heavy (non-hydrogen) atoms. The van der Waals surface area contributed by atoms with Crippen molar-refractivity contribution in [3.05, 3.63) is 42.2 Å². The van der Waals surface area contributed by atoms with E-state index in [2.05, 4.69) is 57.0 Å². The molecule has 1 aromatic heterocycles. The molecule has 2 heteroatoms. The number of nitrogens with zero attached hydrogens (tertiary/aromatic N) is 2. The molecule has 0 aliphatic carbocycles. The highest BCUT2D eigenvalue weighted by molar-refractivity contribution is 5.76. The Labute approximate surface area is 103 Å². The van der Waals surface area contributed by atoms with Gasteiger partial charge in [-0.25, -0.2) is 4.98 Å². The number of hydrogen-bond acceptors (Lipinski definition) is 1. The molecule has 0 saturated heterocycles. The third-order valence-corrected chi connectivity index (χ3v) is 2.75. The molecule has 1 heterocycles. The third-order valence-electron chi connectivity index (χ3n) is 2.75. The number of aromatic nitrogens is 2. The lowest BCUT2D eigenvalue weighted by atomic mass is 9.95. The Kier molecular flexibility index (Phi) is 2.82. The zero-order valence-electron chi connectivity index (χ0n) is 11.1. The van der Waals surface area contributed by atoms with Gasteiger partial charge >= 0.3 is 0 Å². The first-order chi connectivity index (χ1) is 7.89. The second-order valence-corrected chi connectivity index (χ2v) is 5.72. The summed E-state index contributed by atoms with van der Waals surface area (Å²) in [6.07, 6.45) is 0. The standard InChI is InChI=1S/C15H20N2/c1-11(2)10-17-13-9-7-6-8-12(13)16-14(17)15(3,4)5/h6-9H,1,10H2,2-5H3. The predicted molar refractivity (Wildman–Crippen MR) is 73.2 cm³/mol. The fraction of sp³-hybridized carbons (Fsp3) is 0.400. The van der Waals surface area contributed by atoms with Crippen molar-refractivity contribution in [1.82, 2.24) is 9.55 Å². The van der Waals surface area contributed by atoms with Crippen LogP contribution >= 0.6 is 0 Å². The summed E-state index contributed by atoms with van der Waals surface area (Å²) in [6.45, 7) is 13.5. The zero-order chi connectivity index (χ0) is 12.6. The summed E-state index contributed by atoms with van der Waals surface area (Å²) in [4.78, 5) is 4.76. The summed E-state index contributed by atoms with van der Waals surface area (Å²) >= 11 is 0.